The van der Waals surface area contributed by atoms with Gasteiger partial charge in [0.15, 0.2) is 0 Å². The quantitative estimate of drug-likeness (QED) is 0.0656. The molecule has 0 bridgehead atoms. The van der Waals surface area contributed by atoms with E-state index in [1.807, 2.05) is 0 Å². The monoisotopic (exact) mass is 587 g/mol. The first-order valence-electron chi connectivity index (χ1n) is 11.8. The molecule has 0 saturated carbocycles. The minimum atomic E-state index is -1.29. The molecule has 0 aliphatic rings. The predicted molar refractivity (Wildman–Crippen MR) is 135 cm³/mol. The summed E-state index contributed by atoms with van der Waals surface area (Å²) in [4.78, 5) is 59.6. The topological polar surface area (TPSA) is 226 Å². The van der Waals surface area contributed by atoms with Crippen molar-refractivity contribution >= 4 is 45.8 Å². The van der Waals surface area contributed by atoms with Gasteiger partial charge in [0.25, 0.3) is 0 Å². The SMILES string of the molecule is NC(=O)C(CO)NC(=O)C(Cc1ccccc1)NC(=O)C(N)CCCCNC(=O)CCC(N[Se])C(=O)O. The van der Waals surface area contributed by atoms with Crippen molar-refractivity contribution in [3.05, 3.63) is 35.9 Å². The van der Waals surface area contributed by atoms with Gasteiger partial charge < -0.3 is 21.5 Å². The fourth-order valence-electron chi connectivity index (χ4n) is 3.26. The number of nitrogens with two attached hydrogens (primary N) is 2. The van der Waals surface area contributed by atoms with Gasteiger partial charge in [0.2, 0.25) is 11.8 Å². The minimum absolute atomic E-state index is 0.0469. The maximum absolute atomic E-state index is 12.7. The molecule has 4 unspecified atom stereocenters. The number of rotatable bonds is 18. The number of benzene rings is 1. The van der Waals surface area contributed by atoms with Crippen molar-refractivity contribution < 1.29 is 34.2 Å². The number of amides is 4. The van der Waals surface area contributed by atoms with Crippen LogP contribution in [0.15, 0.2) is 30.3 Å². The second kappa shape index (κ2) is 17.4. The Morgan fingerprint density at radius 2 is 1.57 bits per heavy atom. The Kier molecular flexibility index (Phi) is 15.1. The first-order valence-corrected chi connectivity index (χ1v) is 12.6. The molecule has 0 aromatic heterocycles. The number of aliphatic hydroxyl groups excluding tert-OH is 1. The Bertz CT molecular complexity index is 905. The Hall–Kier alpha value is -3.03. The number of carboxylic acids is 1. The molecule has 0 heterocycles. The maximum atomic E-state index is 12.7. The molecule has 1 aromatic rings. The van der Waals surface area contributed by atoms with Crippen LogP contribution in [0.1, 0.15) is 37.7 Å². The van der Waals surface area contributed by atoms with E-state index in [9.17, 15) is 29.1 Å². The third-order valence-corrected chi connectivity index (χ3v) is 6.06. The molecule has 205 valence electrons. The van der Waals surface area contributed by atoms with E-state index in [0.717, 1.165) is 5.56 Å². The van der Waals surface area contributed by atoms with Gasteiger partial charge in [-0.25, -0.2) is 0 Å². The number of aliphatic carboxylic acids is 1. The Morgan fingerprint density at radius 1 is 0.919 bits per heavy atom. The Labute approximate surface area is 223 Å². The first-order chi connectivity index (χ1) is 17.6. The van der Waals surface area contributed by atoms with E-state index >= 15 is 0 Å². The molecule has 0 aliphatic heterocycles. The van der Waals surface area contributed by atoms with Crippen molar-refractivity contribution in [2.45, 2.75) is 62.7 Å². The summed E-state index contributed by atoms with van der Waals surface area (Å²) in [5.41, 5.74) is 11.9. The molecule has 10 N–H and O–H groups in total. The van der Waals surface area contributed by atoms with Gasteiger partial charge in [-0.05, 0) is 5.56 Å². The van der Waals surface area contributed by atoms with E-state index in [1.165, 1.54) is 0 Å². The van der Waals surface area contributed by atoms with Gasteiger partial charge in [0, 0.05) is 6.42 Å². The van der Waals surface area contributed by atoms with E-state index in [2.05, 4.69) is 36.5 Å². The summed E-state index contributed by atoms with van der Waals surface area (Å²) in [5, 5.41) is 25.8. The fourth-order valence-corrected chi connectivity index (χ4v) is 3.72. The molecule has 13 nitrogen and oxygen atoms in total. The van der Waals surface area contributed by atoms with Crippen LogP contribution in [0, 0.1) is 0 Å². The van der Waals surface area contributed by atoms with Crippen molar-refractivity contribution in [1.29, 1.82) is 0 Å². The van der Waals surface area contributed by atoms with Gasteiger partial charge in [-0.1, -0.05) is 30.3 Å². The number of carbonyl (C=O) groups is 5. The van der Waals surface area contributed by atoms with Gasteiger partial charge >= 0.3 is 115 Å². The summed E-state index contributed by atoms with van der Waals surface area (Å²) < 4.78 is 2.49. The van der Waals surface area contributed by atoms with Crippen LogP contribution in [0.3, 0.4) is 0 Å². The van der Waals surface area contributed by atoms with Crippen molar-refractivity contribution in [3.63, 3.8) is 0 Å². The molecule has 1 radical (unpaired) electrons. The zero-order valence-electron chi connectivity index (χ0n) is 20.4. The van der Waals surface area contributed by atoms with Crippen LogP contribution in [-0.2, 0) is 30.4 Å². The molecule has 1 rings (SSSR count). The van der Waals surface area contributed by atoms with Gasteiger partial charge in [-0.2, -0.15) is 0 Å². The molecule has 4 atom stereocenters. The number of carboxylic acid groups (broad SMARTS) is 1. The predicted octanol–water partition coefficient (Wildman–Crippen LogP) is -2.80. The molecule has 14 heteroatoms. The molecule has 1 aromatic carbocycles. The summed E-state index contributed by atoms with van der Waals surface area (Å²) in [7, 11) is 0. The third kappa shape index (κ3) is 12.7. The van der Waals surface area contributed by atoms with E-state index in [0.29, 0.717) is 25.8 Å². The van der Waals surface area contributed by atoms with Crippen molar-refractivity contribution in [3.8, 4) is 0 Å². The standard InChI is InChI=1S/C23H35N6O7Se/c24-15(8-4-5-11-26-19(31)10-9-16(29-37)23(35)36)21(33)27-17(12-14-6-2-1-3-7-14)22(34)28-18(13-30)20(25)32/h1-3,6-7,15-18,29-30H,4-5,8-13,24H2,(H2,25,32)(H,26,31)(H,27,33)(H,28,34)(H,35,36). The van der Waals surface area contributed by atoms with Crippen LogP contribution in [0.2, 0.25) is 0 Å². The normalized spacial score (nSPS) is 14.0. The van der Waals surface area contributed by atoms with Gasteiger partial charge in [-0.15, -0.1) is 0 Å². The number of hydrogen-bond acceptors (Lipinski definition) is 8. The van der Waals surface area contributed by atoms with Crippen molar-refractivity contribution in [2.24, 2.45) is 11.5 Å². The van der Waals surface area contributed by atoms with Crippen LogP contribution < -0.4 is 31.8 Å². The van der Waals surface area contributed by atoms with Gasteiger partial charge in [0.1, 0.15) is 12.1 Å². The molecule has 4 amide bonds. The van der Waals surface area contributed by atoms with Gasteiger partial charge in [0.05, 0.1) is 6.61 Å². The van der Waals surface area contributed by atoms with Crippen LogP contribution >= 0.6 is 0 Å². The van der Waals surface area contributed by atoms with Crippen LogP contribution in [0.4, 0.5) is 0 Å². The molecular formula is C23H35N6O7Se. The molecule has 0 spiro atoms. The van der Waals surface area contributed by atoms with Crippen LogP contribution in [0.25, 0.3) is 0 Å². The summed E-state index contributed by atoms with van der Waals surface area (Å²) in [6.45, 7) is -0.345. The second-order valence-electron chi connectivity index (χ2n) is 8.40. The van der Waals surface area contributed by atoms with Crippen molar-refractivity contribution in [2.75, 3.05) is 13.2 Å². The van der Waals surface area contributed by atoms with Crippen LogP contribution in [-0.4, -0.2) is 93.4 Å². The number of carbonyl (C=O) groups excluding carboxylic acids is 4. The second-order valence-corrected chi connectivity index (χ2v) is 8.89. The fraction of sp³-hybridized carbons (Fsp3) is 0.522. The zero-order valence-corrected chi connectivity index (χ0v) is 22.1. The number of unbranched alkanes of at least 4 members (excludes halogenated alkanes) is 1. The molecule has 0 fully saturated rings. The summed E-state index contributed by atoms with van der Waals surface area (Å²) in [5.74, 6) is -3.50. The Morgan fingerprint density at radius 3 is 2.14 bits per heavy atom. The molecular weight excluding hydrogens is 551 g/mol. The zero-order chi connectivity index (χ0) is 27.8. The van der Waals surface area contributed by atoms with Crippen LogP contribution in [0.5, 0.6) is 0 Å². The summed E-state index contributed by atoms with van der Waals surface area (Å²) >= 11 is 2.41. The molecule has 0 aliphatic carbocycles. The number of aliphatic hydroxyl groups is 1. The number of hydrogen-bond donors (Lipinski definition) is 8. The van der Waals surface area contributed by atoms with Gasteiger partial charge in [-0.3, -0.25) is 14.4 Å². The average molecular weight is 587 g/mol. The van der Waals surface area contributed by atoms with Crippen molar-refractivity contribution in [1.82, 2.24) is 20.3 Å². The first kappa shape index (κ1) is 32.0. The number of primary amides is 1. The number of nitrogens with one attached hydrogen (secondary N) is 4. The van der Waals surface area contributed by atoms with E-state index in [1.54, 1.807) is 30.3 Å². The molecule has 0 saturated heterocycles. The van der Waals surface area contributed by atoms with E-state index < -0.39 is 54.5 Å². The van der Waals surface area contributed by atoms with E-state index in [4.69, 9.17) is 16.6 Å². The Balaban J connectivity index is 2.53. The third-order valence-electron chi connectivity index (χ3n) is 5.46. The summed E-state index contributed by atoms with van der Waals surface area (Å²) in [6, 6.07) is 4.79. The molecule has 37 heavy (non-hydrogen) atoms. The summed E-state index contributed by atoms with van der Waals surface area (Å²) in [6.07, 6.45) is 1.66. The van der Waals surface area contributed by atoms with E-state index in [-0.39, 0.29) is 25.2 Å². The average Bonchev–Trinajstić information content (AvgIpc) is 2.86.